The smallest absolute Gasteiger partial charge is 0.263 e. The van der Waals surface area contributed by atoms with Crippen molar-refractivity contribution >= 4 is 0 Å². The maximum Gasteiger partial charge on any atom is 0.263 e. The molecule has 9 heteroatoms. The third kappa shape index (κ3) is 3.57. The van der Waals surface area contributed by atoms with E-state index in [1.54, 1.807) is 11.0 Å². The van der Waals surface area contributed by atoms with E-state index in [9.17, 15) is 8.78 Å². The lowest BCUT2D eigenvalue weighted by atomic mass is 10.2. The van der Waals surface area contributed by atoms with Crippen LogP contribution in [0.2, 0.25) is 0 Å². The van der Waals surface area contributed by atoms with Crippen LogP contribution in [0.1, 0.15) is 12.7 Å². The zero-order valence-corrected chi connectivity index (χ0v) is 12.3. The van der Waals surface area contributed by atoms with Crippen molar-refractivity contribution < 1.29 is 13.3 Å². The molecule has 0 saturated carbocycles. The van der Waals surface area contributed by atoms with Gasteiger partial charge in [0, 0.05) is 6.04 Å². The lowest BCUT2D eigenvalue weighted by molar-refractivity contribution is 0.403. The molecule has 0 aliphatic rings. The van der Waals surface area contributed by atoms with E-state index in [0.717, 1.165) is 12.1 Å². The molecule has 2 aromatic heterocycles. The first-order valence-electron chi connectivity index (χ1n) is 6.96. The molecule has 120 valence electrons. The van der Waals surface area contributed by atoms with Gasteiger partial charge in [0.1, 0.15) is 29.9 Å². The third-order valence-corrected chi connectivity index (χ3v) is 3.18. The molecule has 23 heavy (non-hydrogen) atoms. The van der Waals surface area contributed by atoms with Crippen LogP contribution in [0.25, 0.3) is 11.5 Å². The Balaban J connectivity index is 1.63. The van der Waals surface area contributed by atoms with E-state index in [0.29, 0.717) is 18.9 Å². The van der Waals surface area contributed by atoms with Crippen molar-refractivity contribution in [3.8, 4) is 11.5 Å². The van der Waals surface area contributed by atoms with E-state index in [2.05, 4.69) is 25.5 Å². The number of aromatic nitrogens is 5. The second-order valence-corrected chi connectivity index (χ2v) is 5.01. The Morgan fingerprint density at radius 1 is 1.30 bits per heavy atom. The van der Waals surface area contributed by atoms with Crippen LogP contribution in [0, 0.1) is 11.6 Å². The van der Waals surface area contributed by atoms with Gasteiger partial charge in [-0.05, 0) is 19.1 Å². The first kappa shape index (κ1) is 15.2. The van der Waals surface area contributed by atoms with Crippen LogP contribution in [-0.2, 0) is 13.1 Å². The summed E-state index contributed by atoms with van der Waals surface area (Å²) in [5.41, 5.74) is -0.318. The van der Waals surface area contributed by atoms with E-state index in [1.807, 2.05) is 6.92 Å². The van der Waals surface area contributed by atoms with Gasteiger partial charge in [0.2, 0.25) is 0 Å². The van der Waals surface area contributed by atoms with Crippen LogP contribution in [0.3, 0.4) is 0 Å². The number of halogens is 2. The minimum Gasteiger partial charge on any atom is -0.334 e. The van der Waals surface area contributed by atoms with Crippen LogP contribution >= 0.6 is 0 Å². The van der Waals surface area contributed by atoms with E-state index in [4.69, 9.17) is 4.52 Å². The van der Waals surface area contributed by atoms with Crippen molar-refractivity contribution in [2.24, 2.45) is 0 Å². The summed E-state index contributed by atoms with van der Waals surface area (Å²) in [6.45, 7) is 2.88. The molecule has 1 atom stereocenters. The monoisotopic (exact) mass is 320 g/mol. The molecule has 3 aromatic rings. The lowest BCUT2D eigenvalue weighted by Crippen LogP contribution is -2.30. The van der Waals surface area contributed by atoms with Crippen molar-refractivity contribution in [1.82, 2.24) is 30.2 Å². The van der Waals surface area contributed by atoms with Crippen molar-refractivity contribution in [1.29, 1.82) is 0 Å². The number of nitrogens with zero attached hydrogens (tertiary/aromatic N) is 5. The van der Waals surface area contributed by atoms with Gasteiger partial charge in [0.15, 0.2) is 5.82 Å². The van der Waals surface area contributed by atoms with Crippen LogP contribution < -0.4 is 5.32 Å². The molecule has 7 nitrogen and oxygen atoms in total. The van der Waals surface area contributed by atoms with E-state index in [1.165, 1.54) is 12.4 Å². The summed E-state index contributed by atoms with van der Waals surface area (Å²) >= 11 is 0. The molecule has 3 rings (SSSR count). The van der Waals surface area contributed by atoms with Gasteiger partial charge in [-0.25, -0.2) is 13.8 Å². The fourth-order valence-electron chi connectivity index (χ4n) is 2.07. The Morgan fingerprint density at radius 3 is 2.78 bits per heavy atom. The van der Waals surface area contributed by atoms with Crippen molar-refractivity contribution in [3.63, 3.8) is 0 Å². The average molecular weight is 320 g/mol. The van der Waals surface area contributed by atoms with Gasteiger partial charge in [-0.3, -0.25) is 4.68 Å². The predicted molar refractivity (Wildman–Crippen MR) is 76.0 cm³/mol. The Bertz CT molecular complexity index is 753. The Hall–Kier alpha value is -2.68. The van der Waals surface area contributed by atoms with Crippen molar-refractivity contribution in [3.05, 3.63) is 48.3 Å². The molecule has 1 N–H and O–H groups in total. The topological polar surface area (TPSA) is 81.7 Å². The summed E-state index contributed by atoms with van der Waals surface area (Å²) < 4.78 is 34.0. The molecule has 0 aliphatic heterocycles. The maximum absolute atomic E-state index is 13.7. The first-order chi connectivity index (χ1) is 11.1. The summed E-state index contributed by atoms with van der Waals surface area (Å²) in [6.07, 6.45) is 3.08. The highest BCUT2D eigenvalue weighted by molar-refractivity contribution is 5.54. The Kier molecular flexibility index (Phi) is 4.38. The lowest BCUT2D eigenvalue weighted by Gasteiger charge is -2.11. The zero-order valence-electron chi connectivity index (χ0n) is 12.3. The Morgan fingerprint density at radius 2 is 2.09 bits per heavy atom. The second kappa shape index (κ2) is 6.61. The molecule has 0 aliphatic carbocycles. The molecule has 0 spiro atoms. The molecule has 0 fully saturated rings. The number of hydrogen-bond acceptors (Lipinski definition) is 6. The van der Waals surface area contributed by atoms with Crippen LogP contribution in [0.4, 0.5) is 8.78 Å². The molecule has 1 aromatic carbocycles. The molecular formula is C14H14F2N6O. The number of benzene rings is 1. The van der Waals surface area contributed by atoms with Gasteiger partial charge in [-0.15, -0.1) is 0 Å². The highest BCUT2D eigenvalue weighted by atomic mass is 19.1. The number of hydrogen-bond donors (Lipinski definition) is 1. The summed E-state index contributed by atoms with van der Waals surface area (Å²) in [7, 11) is 0. The van der Waals surface area contributed by atoms with Gasteiger partial charge in [-0.1, -0.05) is 11.2 Å². The van der Waals surface area contributed by atoms with Crippen LogP contribution in [0.5, 0.6) is 0 Å². The van der Waals surface area contributed by atoms with Crippen LogP contribution in [0.15, 0.2) is 35.4 Å². The average Bonchev–Trinajstić information content (AvgIpc) is 3.17. The fourth-order valence-corrected chi connectivity index (χ4v) is 2.07. The fraction of sp³-hybridized carbons (Fsp3) is 0.286. The van der Waals surface area contributed by atoms with Crippen LogP contribution in [-0.4, -0.2) is 30.9 Å². The van der Waals surface area contributed by atoms with Gasteiger partial charge in [-0.2, -0.15) is 10.1 Å². The largest absolute Gasteiger partial charge is 0.334 e. The summed E-state index contributed by atoms with van der Waals surface area (Å²) in [6, 6.07) is 3.63. The van der Waals surface area contributed by atoms with E-state index in [-0.39, 0.29) is 17.5 Å². The minimum atomic E-state index is -0.743. The highest BCUT2D eigenvalue weighted by Gasteiger charge is 2.18. The standard InChI is InChI=1S/C14H14F2N6O/c1-9(6-22-8-17-7-19-22)18-5-12-20-14(23-21-12)13-10(15)3-2-4-11(13)16/h2-4,7-9,18H,5-6H2,1H3/t9-/m0/s1. The maximum atomic E-state index is 13.7. The quantitative estimate of drug-likeness (QED) is 0.745. The summed E-state index contributed by atoms with van der Waals surface area (Å²) in [5.74, 6) is -1.35. The normalized spacial score (nSPS) is 12.5. The molecule has 0 bridgehead atoms. The SMILES string of the molecule is C[C@@H](Cn1cncn1)NCc1noc(-c2c(F)cccc2F)n1. The Labute approximate surface area is 130 Å². The highest BCUT2D eigenvalue weighted by Crippen LogP contribution is 2.24. The van der Waals surface area contributed by atoms with Crippen molar-refractivity contribution in [2.45, 2.75) is 26.1 Å². The first-order valence-corrected chi connectivity index (χ1v) is 6.96. The zero-order chi connectivity index (χ0) is 16.2. The number of rotatable bonds is 6. The minimum absolute atomic E-state index is 0.0730. The number of nitrogens with one attached hydrogen (secondary N) is 1. The molecular weight excluding hydrogens is 306 g/mol. The predicted octanol–water partition coefficient (Wildman–Crippen LogP) is 1.78. The third-order valence-electron chi connectivity index (χ3n) is 3.18. The molecule has 0 radical (unpaired) electrons. The molecule has 0 saturated heterocycles. The van der Waals surface area contributed by atoms with Gasteiger partial charge in [0.25, 0.3) is 5.89 Å². The second-order valence-electron chi connectivity index (χ2n) is 5.01. The van der Waals surface area contributed by atoms with Crippen molar-refractivity contribution in [2.75, 3.05) is 0 Å². The molecule has 2 heterocycles. The molecule has 0 unspecified atom stereocenters. The van der Waals surface area contributed by atoms with E-state index < -0.39 is 11.6 Å². The van der Waals surface area contributed by atoms with Gasteiger partial charge in [0.05, 0.1) is 13.1 Å². The summed E-state index contributed by atoms with van der Waals surface area (Å²) in [4.78, 5) is 7.88. The van der Waals surface area contributed by atoms with E-state index >= 15 is 0 Å². The van der Waals surface area contributed by atoms with Gasteiger partial charge >= 0.3 is 0 Å². The summed E-state index contributed by atoms with van der Waals surface area (Å²) in [5, 5.41) is 10.9. The molecule has 0 amide bonds. The van der Waals surface area contributed by atoms with Gasteiger partial charge < -0.3 is 9.84 Å².